The summed E-state index contributed by atoms with van der Waals surface area (Å²) in [6, 6.07) is 8.20. The normalized spacial score (nSPS) is 16.2. The number of ketones is 1. The molecule has 0 N–H and O–H groups in total. The van der Waals surface area contributed by atoms with Gasteiger partial charge in [0.15, 0.2) is 10.7 Å². The number of carbonyl (C=O) groups is 1. The van der Waals surface area contributed by atoms with Crippen LogP contribution in [0.3, 0.4) is 0 Å². The molecule has 4 rings (SSSR count). The molecule has 2 aromatic heterocycles. The number of hydrogen-bond donors (Lipinski definition) is 0. The van der Waals surface area contributed by atoms with E-state index >= 15 is 0 Å². The molecular weight excluding hydrogens is 244 g/mol. The predicted octanol–water partition coefficient (Wildman–Crippen LogP) is 3.53. The first-order chi connectivity index (χ1) is 8.83. The summed E-state index contributed by atoms with van der Waals surface area (Å²) in [5, 5.41) is 0. The Balaban J connectivity index is 1.86. The van der Waals surface area contributed by atoms with Crippen LogP contribution in [0, 0.1) is 5.92 Å². The summed E-state index contributed by atoms with van der Waals surface area (Å²) in [4.78, 5) is 17.6. The zero-order valence-corrected chi connectivity index (χ0v) is 10.6. The number of carbonyl (C=O) groups excluding carboxylic acids is 1. The topological polar surface area (TPSA) is 34.4 Å². The summed E-state index contributed by atoms with van der Waals surface area (Å²) < 4.78 is 3.24. The van der Waals surface area contributed by atoms with Crippen molar-refractivity contribution in [3.63, 3.8) is 0 Å². The van der Waals surface area contributed by atoms with Crippen LogP contribution in [-0.4, -0.2) is 15.2 Å². The second kappa shape index (κ2) is 3.65. The molecule has 4 heteroatoms. The number of benzene rings is 1. The Kier molecular flexibility index (Phi) is 2.08. The number of hydrogen-bond acceptors (Lipinski definition) is 3. The van der Waals surface area contributed by atoms with Gasteiger partial charge in [-0.2, -0.15) is 0 Å². The third kappa shape index (κ3) is 1.35. The summed E-state index contributed by atoms with van der Waals surface area (Å²) >= 11 is 1.64. The minimum Gasteiger partial charge on any atom is -0.292 e. The number of imidazole rings is 1. The third-order valence-corrected chi connectivity index (χ3v) is 4.76. The van der Waals surface area contributed by atoms with Crippen LogP contribution in [0.1, 0.15) is 29.8 Å². The van der Waals surface area contributed by atoms with E-state index in [1.54, 1.807) is 11.3 Å². The molecule has 0 amide bonds. The standard InChI is InChI=1S/C14H12N2OS/c17-13(9-4-3-5-9)10-8-16-11-6-1-2-7-12(11)18-14(16)15-10/h1-2,6-9H,3-5H2. The Bertz CT molecular complexity index is 751. The van der Waals surface area contributed by atoms with Crippen molar-refractivity contribution in [2.75, 3.05) is 0 Å². The van der Waals surface area contributed by atoms with Crippen LogP contribution in [0.4, 0.5) is 0 Å². The zero-order valence-electron chi connectivity index (χ0n) is 9.80. The van der Waals surface area contributed by atoms with E-state index in [-0.39, 0.29) is 11.7 Å². The zero-order chi connectivity index (χ0) is 12.1. The summed E-state index contributed by atoms with van der Waals surface area (Å²) in [5.74, 6) is 0.446. The van der Waals surface area contributed by atoms with Gasteiger partial charge in [0.25, 0.3) is 0 Å². The third-order valence-electron chi connectivity index (χ3n) is 3.73. The molecule has 1 aliphatic rings. The second-order valence-electron chi connectivity index (χ2n) is 4.84. The van der Waals surface area contributed by atoms with Gasteiger partial charge in [-0.05, 0) is 25.0 Å². The lowest BCUT2D eigenvalue weighted by atomic mass is 9.81. The van der Waals surface area contributed by atoms with Crippen LogP contribution in [0.15, 0.2) is 30.5 Å². The molecule has 1 fully saturated rings. The van der Waals surface area contributed by atoms with Crippen LogP contribution in [-0.2, 0) is 0 Å². The first-order valence-electron chi connectivity index (χ1n) is 6.24. The lowest BCUT2D eigenvalue weighted by molar-refractivity contribution is 0.0850. The van der Waals surface area contributed by atoms with E-state index in [2.05, 4.69) is 17.1 Å². The van der Waals surface area contributed by atoms with Crippen molar-refractivity contribution < 1.29 is 4.79 Å². The summed E-state index contributed by atoms with van der Waals surface area (Å²) in [6.45, 7) is 0. The predicted molar refractivity (Wildman–Crippen MR) is 72.2 cm³/mol. The number of thiazole rings is 1. The Morgan fingerprint density at radius 1 is 1.33 bits per heavy atom. The van der Waals surface area contributed by atoms with Crippen molar-refractivity contribution in [3.8, 4) is 0 Å². The number of fused-ring (bicyclic) bond motifs is 3. The van der Waals surface area contributed by atoms with E-state index in [9.17, 15) is 4.79 Å². The fourth-order valence-corrected chi connectivity index (χ4v) is 3.45. The van der Waals surface area contributed by atoms with Crippen molar-refractivity contribution in [1.29, 1.82) is 0 Å². The minimum atomic E-state index is 0.223. The van der Waals surface area contributed by atoms with Crippen LogP contribution in [0.25, 0.3) is 15.2 Å². The lowest BCUT2D eigenvalue weighted by Crippen LogP contribution is -2.22. The van der Waals surface area contributed by atoms with Gasteiger partial charge in [0.2, 0.25) is 0 Å². The van der Waals surface area contributed by atoms with Crippen molar-refractivity contribution in [3.05, 3.63) is 36.2 Å². The highest BCUT2D eigenvalue weighted by Crippen LogP contribution is 2.31. The molecule has 0 aliphatic heterocycles. The maximum Gasteiger partial charge on any atom is 0.195 e. The number of para-hydroxylation sites is 1. The molecule has 0 atom stereocenters. The molecule has 3 nitrogen and oxygen atoms in total. The van der Waals surface area contributed by atoms with Crippen LogP contribution in [0.5, 0.6) is 0 Å². The van der Waals surface area contributed by atoms with E-state index in [0.29, 0.717) is 5.69 Å². The first-order valence-corrected chi connectivity index (χ1v) is 7.05. The van der Waals surface area contributed by atoms with Gasteiger partial charge in [-0.15, -0.1) is 0 Å². The van der Waals surface area contributed by atoms with Gasteiger partial charge in [-0.3, -0.25) is 9.20 Å². The molecule has 0 radical (unpaired) electrons. The highest BCUT2D eigenvalue weighted by molar-refractivity contribution is 7.23. The molecule has 1 aromatic carbocycles. The summed E-state index contributed by atoms with van der Waals surface area (Å²) in [6.07, 6.45) is 5.14. The van der Waals surface area contributed by atoms with Gasteiger partial charge in [-0.25, -0.2) is 4.98 Å². The highest BCUT2D eigenvalue weighted by Gasteiger charge is 2.28. The van der Waals surface area contributed by atoms with Crippen LogP contribution < -0.4 is 0 Å². The van der Waals surface area contributed by atoms with Gasteiger partial charge < -0.3 is 0 Å². The molecule has 0 unspecified atom stereocenters. The van der Waals surface area contributed by atoms with E-state index in [1.165, 1.54) is 11.1 Å². The van der Waals surface area contributed by atoms with Gasteiger partial charge in [0.1, 0.15) is 5.69 Å². The minimum absolute atomic E-state index is 0.223. The molecule has 0 bridgehead atoms. The largest absolute Gasteiger partial charge is 0.292 e. The quantitative estimate of drug-likeness (QED) is 0.657. The van der Waals surface area contributed by atoms with E-state index < -0.39 is 0 Å². The van der Waals surface area contributed by atoms with E-state index in [1.807, 2.05) is 22.7 Å². The molecule has 90 valence electrons. The van der Waals surface area contributed by atoms with Gasteiger partial charge in [0, 0.05) is 12.1 Å². The first kappa shape index (κ1) is 10.3. The van der Waals surface area contributed by atoms with Gasteiger partial charge in [-0.1, -0.05) is 29.9 Å². The Morgan fingerprint density at radius 2 is 2.17 bits per heavy atom. The Morgan fingerprint density at radius 3 is 2.94 bits per heavy atom. The molecule has 2 heterocycles. The molecule has 0 saturated heterocycles. The maximum atomic E-state index is 12.2. The van der Waals surface area contributed by atoms with Gasteiger partial charge in [0.05, 0.1) is 10.2 Å². The van der Waals surface area contributed by atoms with E-state index in [0.717, 1.165) is 23.3 Å². The molecule has 3 aromatic rings. The summed E-state index contributed by atoms with van der Waals surface area (Å²) in [5.41, 5.74) is 1.77. The average Bonchev–Trinajstić information content (AvgIpc) is 2.83. The van der Waals surface area contributed by atoms with E-state index in [4.69, 9.17) is 0 Å². The smallest absolute Gasteiger partial charge is 0.195 e. The van der Waals surface area contributed by atoms with Crippen LogP contribution in [0.2, 0.25) is 0 Å². The fraction of sp³-hybridized carbons (Fsp3) is 0.286. The van der Waals surface area contributed by atoms with Crippen molar-refractivity contribution in [2.45, 2.75) is 19.3 Å². The number of Topliss-reactive ketones (excluding diaryl/α,β-unsaturated/α-hetero) is 1. The van der Waals surface area contributed by atoms with Crippen molar-refractivity contribution in [2.24, 2.45) is 5.92 Å². The van der Waals surface area contributed by atoms with Gasteiger partial charge >= 0.3 is 0 Å². The Labute approximate surface area is 108 Å². The van der Waals surface area contributed by atoms with Crippen LogP contribution >= 0.6 is 11.3 Å². The number of rotatable bonds is 2. The molecule has 1 saturated carbocycles. The average molecular weight is 256 g/mol. The number of nitrogens with zero attached hydrogens (tertiary/aromatic N) is 2. The van der Waals surface area contributed by atoms with Crippen molar-refractivity contribution in [1.82, 2.24) is 9.38 Å². The second-order valence-corrected chi connectivity index (χ2v) is 5.85. The highest BCUT2D eigenvalue weighted by atomic mass is 32.1. The lowest BCUT2D eigenvalue weighted by Gasteiger charge is -2.22. The monoisotopic (exact) mass is 256 g/mol. The molecule has 1 aliphatic carbocycles. The summed E-state index contributed by atoms with van der Waals surface area (Å²) in [7, 11) is 0. The maximum absolute atomic E-state index is 12.2. The SMILES string of the molecule is O=C(c1cn2c(n1)sc1ccccc12)C1CCC1. The number of aromatic nitrogens is 2. The fourth-order valence-electron chi connectivity index (χ4n) is 2.45. The molecular formula is C14H12N2OS. The van der Waals surface area contributed by atoms with Crippen molar-refractivity contribution >= 4 is 32.3 Å². The Hall–Kier alpha value is -1.68. The molecule has 18 heavy (non-hydrogen) atoms. The molecule has 0 spiro atoms.